The highest BCUT2D eigenvalue weighted by Crippen LogP contribution is 2.30. The molecule has 2 heteroatoms. The van der Waals surface area contributed by atoms with Gasteiger partial charge in [-0.25, -0.2) is 0 Å². The van der Waals surface area contributed by atoms with Crippen molar-refractivity contribution in [1.82, 2.24) is 5.32 Å². The van der Waals surface area contributed by atoms with Gasteiger partial charge in [0.2, 0.25) is 0 Å². The molecule has 1 atom stereocenters. The quantitative estimate of drug-likeness (QED) is 0.758. The Labute approximate surface area is 126 Å². The summed E-state index contributed by atoms with van der Waals surface area (Å²) in [6.45, 7) is 4.58. The lowest BCUT2D eigenvalue weighted by molar-refractivity contribution is 0.266. The molecule has 106 valence electrons. The van der Waals surface area contributed by atoms with Crippen LogP contribution in [-0.4, -0.2) is 6.04 Å². The zero-order valence-electron chi connectivity index (χ0n) is 12.2. The molecule has 1 N–H and O–H groups in total. The van der Waals surface area contributed by atoms with Crippen molar-refractivity contribution < 1.29 is 0 Å². The first kappa shape index (κ1) is 15.1. The Kier molecular flexibility index (Phi) is 5.90. The van der Waals surface area contributed by atoms with Crippen molar-refractivity contribution in [2.75, 3.05) is 0 Å². The fourth-order valence-electron chi connectivity index (χ4n) is 3.30. The maximum Gasteiger partial charge on any atom is 0.0305 e. The molecule has 0 bridgehead atoms. The average Bonchev–Trinajstić information content (AvgIpc) is 2.42. The third-order valence-electron chi connectivity index (χ3n) is 4.40. The molecule has 0 unspecified atom stereocenters. The van der Waals surface area contributed by atoms with Gasteiger partial charge in [-0.2, -0.15) is 0 Å². The molecule has 0 aliphatic heterocycles. The minimum atomic E-state index is 0.434. The summed E-state index contributed by atoms with van der Waals surface area (Å²) in [6.07, 6.45) is 8.28. The molecule has 2 rings (SSSR count). The van der Waals surface area contributed by atoms with E-state index in [9.17, 15) is 0 Å². The van der Waals surface area contributed by atoms with Crippen LogP contribution in [0.15, 0.2) is 28.7 Å². The van der Waals surface area contributed by atoms with E-state index < -0.39 is 0 Å². The van der Waals surface area contributed by atoms with Gasteiger partial charge in [0.25, 0.3) is 0 Å². The van der Waals surface area contributed by atoms with Crippen LogP contribution < -0.4 is 5.32 Å². The molecule has 0 amide bonds. The smallest absolute Gasteiger partial charge is 0.0305 e. The number of rotatable bonds is 5. The lowest BCUT2D eigenvalue weighted by atomic mass is 9.83. The average molecular weight is 324 g/mol. The van der Waals surface area contributed by atoms with Gasteiger partial charge in [0.15, 0.2) is 0 Å². The zero-order valence-corrected chi connectivity index (χ0v) is 13.7. The fraction of sp³-hybridized carbons (Fsp3) is 0.647. The van der Waals surface area contributed by atoms with E-state index in [4.69, 9.17) is 0 Å². The van der Waals surface area contributed by atoms with Crippen molar-refractivity contribution in [2.45, 2.75) is 64.5 Å². The van der Waals surface area contributed by atoms with E-state index in [0.717, 1.165) is 5.92 Å². The number of hydrogen-bond donors (Lipinski definition) is 1. The Balaban J connectivity index is 1.84. The highest BCUT2D eigenvalue weighted by atomic mass is 79.9. The summed E-state index contributed by atoms with van der Waals surface area (Å²) in [5, 5.41) is 3.81. The Morgan fingerprint density at radius 3 is 2.53 bits per heavy atom. The molecule has 1 saturated carbocycles. The summed E-state index contributed by atoms with van der Waals surface area (Å²) in [4.78, 5) is 0. The predicted octanol–water partition coefficient (Wildman–Crippen LogP) is 5.46. The standard InChI is InChI=1S/C17H26BrN/c1-3-6-14-9-11-15(12-10-14)19-13(2)16-7-4-5-8-17(16)18/h4-5,7-8,13-15,19H,3,6,9-12H2,1-2H3/t13-,14?,15?/m0/s1. The molecular formula is C17H26BrN. The van der Waals surface area contributed by atoms with Gasteiger partial charge in [0.05, 0.1) is 0 Å². The zero-order chi connectivity index (χ0) is 13.7. The van der Waals surface area contributed by atoms with Crippen molar-refractivity contribution in [3.63, 3.8) is 0 Å². The maximum absolute atomic E-state index is 3.81. The third kappa shape index (κ3) is 4.32. The normalized spacial score (nSPS) is 25.2. The molecule has 1 aromatic carbocycles. The molecule has 1 nitrogen and oxygen atoms in total. The van der Waals surface area contributed by atoms with Crippen LogP contribution in [0, 0.1) is 5.92 Å². The van der Waals surface area contributed by atoms with E-state index in [2.05, 4.69) is 59.4 Å². The van der Waals surface area contributed by atoms with Gasteiger partial charge in [0, 0.05) is 16.6 Å². The van der Waals surface area contributed by atoms with E-state index in [1.807, 2.05) is 0 Å². The van der Waals surface area contributed by atoms with Crippen molar-refractivity contribution in [3.8, 4) is 0 Å². The molecule has 0 aromatic heterocycles. The van der Waals surface area contributed by atoms with Crippen LogP contribution in [-0.2, 0) is 0 Å². The lowest BCUT2D eigenvalue weighted by Crippen LogP contribution is -2.35. The topological polar surface area (TPSA) is 12.0 Å². The predicted molar refractivity (Wildman–Crippen MR) is 86.3 cm³/mol. The highest BCUT2D eigenvalue weighted by Gasteiger charge is 2.22. The van der Waals surface area contributed by atoms with Crippen LogP contribution in [0.25, 0.3) is 0 Å². The number of halogens is 1. The van der Waals surface area contributed by atoms with E-state index >= 15 is 0 Å². The highest BCUT2D eigenvalue weighted by molar-refractivity contribution is 9.10. The summed E-state index contributed by atoms with van der Waals surface area (Å²) in [5.74, 6) is 0.988. The van der Waals surface area contributed by atoms with Crippen molar-refractivity contribution in [2.24, 2.45) is 5.92 Å². The molecule has 1 aliphatic carbocycles. The van der Waals surface area contributed by atoms with Crippen molar-refractivity contribution in [3.05, 3.63) is 34.3 Å². The van der Waals surface area contributed by atoms with Gasteiger partial charge in [-0.1, -0.05) is 53.9 Å². The third-order valence-corrected chi connectivity index (χ3v) is 5.12. The summed E-state index contributed by atoms with van der Waals surface area (Å²) in [7, 11) is 0. The SMILES string of the molecule is CCCC1CCC(N[C@@H](C)c2ccccc2Br)CC1. The lowest BCUT2D eigenvalue weighted by Gasteiger charge is -2.31. The van der Waals surface area contributed by atoms with E-state index in [0.29, 0.717) is 12.1 Å². The summed E-state index contributed by atoms with van der Waals surface area (Å²) in [6, 6.07) is 9.68. The number of hydrogen-bond acceptors (Lipinski definition) is 1. The molecule has 1 fully saturated rings. The molecule has 1 aliphatic rings. The first-order valence-corrected chi connectivity index (χ1v) is 8.50. The number of nitrogens with one attached hydrogen (secondary N) is 1. The second-order valence-electron chi connectivity index (χ2n) is 5.92. The Bertz CT molecular complexity index is 383. The summed E-state index contributed by atoms with van der Waals surface area (Å²) in [5.41, 5.74) is 1.37. The first-order valence-electron chi connectivity index (χ1n) is 7.71. The first-order chi connectivity index (χ1) is 9.20. The molecule has 0 radical (unpaired) electrons. The van der Waals surface area contributed by atoms with Crippen molar-refractivity contribution >= 4 is 15.9 Å². The van der Waals surface area contributed by atoms with E-state index in [1.54, 1.807) is 0 Å². The van der Waals surface area contributed by atoms with Gasteiger partial charge in [-0.3, -0.25) is 0 Å². The van der Waals surface area contributed by atoms with Crippen molar-refractivity contribution in [1.29, 1.82) is 0 Å². The van der Waals surface area contributed by atoms with Crippen LogP contribution in [0.5, 0.6) is 0 Å². The molecule has 0 spiro atoms. The molecule has 0 saturated heterocycles. The molecule has 1 aromatic rings. The number of benzene rings is 1. The second kappa shape index (κ2) is 7.44. The Hall–Kier alpha value is -0.340. The van der Waals surface area contributed by atoms with Gasteiger partial charge in [-0.05, 0) is 50.2 Å². The van der Waals surface area contributed by atoms with E-state index in [1.165, 1.54) is 48.6 Å². The Morgan fingerprint density at radius 1 is 1.21 bits per heavy atom. The van der Waals surface area contributed by atoms with Crippen LogP contribution >= 0.6 is 15.9 Å². The van der Waals surface area contributed by atoms with E-state index in [-0.39, 0.29) is 0 Å². The monoisotopic (exact) mass is 323 g/mol. The summed E-state index contributed by atoms with van der Waals surface area (Å²) >= 11 is 3.65. The van der Waals surface area contributed by atoms with Gasteiger partial charge in [0.1, 0.15) is 0 Å². The van der Waals surface area contributed by atoms with Crippen LogP contribution in [0.1, 0.15) is 64.0 Å². The molecular weight excluding hydrogens is 298 g/mol. The van der Waals surface area contributed by atoms with Crippen LogP contribution in [0.4, 0.5) is 0 Å². The minimum Gasteiger partial charge on any atom is -0.307 e. The largest absolute Gasteiger partial charge is 0.307 e. The summed E-state index contributed by atoms with van der Waals surface area (Å²) < 4.78 is 1.22. The fourth-order valence-corrected chi connectivity index (χ4v) is 3.92. The molecule has 19 heavy (non-hydrogen) atoms. The molecule has 0 heterocycles. The van der Waals surface area contributed by atoms with Gasteiger partial charge >= 0.3 is 0 Å². The Morgan fingerprint density at radius 2 is 1.89 bits per heavy atom. The van der Waals surface area contributed by atoms with Gasteiger partial charge in [-0.15, -0.1) is 0 Å². The van der Waals surface area contributed by atoms with Gasteiger partial charge < -0.3 is 5.32 Å². The second-order valence-corrected chi connectivity index (χ2v) is 6.77. The van der Waals surface area contributed by atoms with Crippen LogP contribution in [0.3, 0.4) is 0 Å². The van der Waals surface area contributed by atoms with Crippen LogP contribution in [0.2, 0.25) is 0 Å². The minimum absolute atomic E-state index is 0.434. The maximum atomic E-state index is 3.81.